The number of anilines is 1. The van der Waals surface area contributed by atoms with Gasteiger partial charge >= 0.3 is 5.97 Å². The third-order valence-electron chi connectivity index (χ3n) is 3.52. The summed E-state index contributed by atoms with van der Waals surface area (Å²) in [7, 11) is 1.24. The number of halogens is 1. The Morgan fingerprint density at radius 3 is 3.00 bits per heavy atom. The van der Waals surface area contributed by atoms with Crippen LogP contribution in [0.3, 0.4) is 0 Å². The van der Waals surface area contributed by atoms with Gasteiger partial charge in [-0.1, -0.05) is 11.2 Å². The van der Waals surface area contributed by atoms with Gasteiger partial charge < -0.3 is 9.64 Å². The molecule has 22 heavy (non-hydrogen) atoms. The van der Waals surface area contributed by atoms with E-state index in [9.17, 15) is 14.0 Å². The summed E-state index contributed by atoms with van der Waals surface area (Å²) in [6.07, 6.45) is 0.112. The largest absolute Gasteiger partial charge is 0.469 e. The van der Waals surface area contributed by atoms with E-state index in [1.165, 1.54) is 24.1 Å². The number of benzene rings is 1. The minimum Gasteiger partial charge on any atom is -0.469 e. The van der Waals surface area contributed by atoms with Gasteiger partial charge in [-0.05, 0) is 29.1 Å². The Labute approximate surface area is 126 Å². The highest BCUT2D eigenvalue weighted by atomic mass is 19.1. The summed E-state index contributed by atoms with van der Waals surface area (Å²) in [5.74, 6) is -1.30. The Morgan fingerprint density at radius 2 is 2.36 bits per heavy atom. The van der Waals surface area contributed by atoms with E-state index in [1.807, 2.05) is 0 Å². The van der Waals surface area contributed by atoms with Gasteiger partial charge in [0.1, 0.15) is 5.82 Å². The van der Waals surface area contributed by atoms with Crippen LogP contribution in [-0.2, 0) is 20.7 Å². The van der Waals surface area contributed by atoms with Crippen molar-refractivity contribution in [3.05, 3.63) is 40.0 Å². The molecular weight excluding hydrogens is 291 g/mol. The number of carbonyl (C=O) groups excluding carboxylic acids is 2. The molecule has 0 saturated carbocycles. The number of nitrogens with zero attached hydrogens (tertiary/aromatic N) is 4. The van der Waals surface area contributed by atoms with E-state index in [-0.39, 0.29) is 36.8 Å². The summed E-state index contributed by atoms with van der Waals surface area (Å²) >= 11 is 0. The van der Waals surface area contributed by atoms with Crippen LogP contribution in [0.4, 0.5) is 10.1 Å². The second-order valence-electron chi connectivity index (χ2n) is 5.02. The first-order valence-corrected chi connectivity index (χ1v) is 6.71. The van der Waals surface area contributed by atoms with Crippen molar-refractivity contribution in [2.24, 2.45) is 11.0 Å². The molecule has 1 fully saturated rings. The van der Waals surface area contributed by atoms with Crippen molar-refractivity contribution < 1.29 is 18.7 Å². The Kier molecular flexibility index (Phi) is 4.95. The molecule has 1 amide bonds. The first-order valence-electron chi connectivity index (χ1n) is 6.71. The number of rotatable bonds is 5. The number of hydrogen-bond donors (Lipinski definition) is 0. The minimum absolute atomic E-state index is 0.0683. The van der Waals surface area contributed by atoms with E-state index in [4.69, 9.17) is 5.53 Å². The molecule has 8 heteroatoms. The summed E-state index contributed by atoms with van der Waals surface area (Å²) in [6.45, 7) is 0.620. The van der Waals surface area contributed by atoms with Crippen molar-refractivity contribution in [2.45, 2.75) is 12.8 Å². The standard InChI is InChI=1S/C14H15FN4O3/c1-22-14(21)5-10-2-3-11(6-12(10)15)19-8-9(4-13(19)20)7-17-18-16/h2-3,6,9H,4-5,7-8H2,1H3. The average Bonchev–Trinajstić information content (AvgIpc) is 2.88. The molecule has 1 unspecified atom stereocenters. The molecule has 1 atom stereocenters. The van der Waals surface area contributed by atoms with Crippen molar-refractivity contribution in [2.75, 3.05) is 25.1 Å². The fourth-order valence-electron chi connectivity index (χ4n) is 2.38. The number of carbonyl (C=O) groups is 2. The number of amides is 1. The maximum atomic E-state index is 14.0. The van der Waals surface area contributed by atoms with Crippen molar-refractivity contribution in [1.82, 2.24) is 0 Å². The van der Waals surface area contributed by atoms with Crippen LogP contribution in [-0.4, -0.2) is 32.1 Å². The molecule has 2 rings (SSSR count). The molecule has 7 nitrogen and oxygen atoms in total. The number of ether oxygens (including phenoxy) is 1. The van der Waals surface area contributed by atoms with Gasteiger partial charge in [0.2, 0.25) is 5.91 Å². The first-order chi connectivity index (χ1) is 10.5. The average molecular weight is 306 g/mol. The minimum atomic E-state index is -0.561. The highest BCUT2D eigenvalue weighted by molar-refractivity contribution is 5.95. The third-order valence-corrected chi connectivity index (χ3v) is 3.52. The van der Waals surface area contributed by atoms with Crippen LogP contribution < -0.4 is 4.90 Å². The van der Waals surface area contributed by atoms with E-state index in [0.717, 1.165) is 0 Å². The van der Waals surface area contributed by atoms with Gasteiger partial charge in [0.25, 0.3) is 0 Å². The lowest BCUT2D eigenvalue weighted by molar-refractivity contribution is -0.139. The number of methoxy groups -OCH3 is 1. The van der Waals surface area contributed by atoms with Crippen molar-refractivity contribution in [1.29, 1.82) is 0 Å². The summed E-state index contributed by atoms with van der Waals surface area (Å²) < 4.78 is 18.5. The lowest BCUT2D eigenvalue weighted by Gasteiger charge is -2.17. The van der Waals surface area contributed by atoms with Gasteiger partial charge in [-0.3, -0.25) is 9.59 Å². The SMILES string of the molecule is COC(=O)Cc1ccc(N2CC(CN=[N+]=[N-])CC2=O)cc1F. The Balaban J connectivity index is 2.13. The predicted octanol–water partition coefficient (Wildman–Crippen LogP) is 2.20. The van der Waals surface area contributed by atoms with E-state index in [2.05, 4.69) is 14.8 Å². The van der Waals surface area contributed by atoms with Gasteiger partial charge in [-0.15, -0.1) is 0 Å². The Bertz CT molecular complexity index is 643. The highest BCUT2D eigenvalue weighted by Crippen LogP contribution is 2.27. The summed E-state index contributed by atoms with van der Waals surface area (Å²) in [4.78, 5) is 27.3. The van der Waals surface area contributed by atoms with E-state index >= 15 is 0 Å². The second kappa shape index (κ2) is 6.91. The number of azide groups is 1. The third kappa shape index (κ3) is 3.53. The van der Waals surface area contributed by atoms with Crippen LogP contribution in [0.2, 0.25) is 0 Å². The maximum Gasteiger partial charge on any atom is 0.310 e. The molecule has 0 N–H and O–H groups in total. The van der Waals surface area contributed by atoms with Gasteiger partial charge in [0, 0.05) is 30.1 Å². The van der Waals surface area contributed by atoms with Crippen molar-refractivity contribution in [3.8, 4) is 0 Å². The molecule has 116 valence electrons. The van der Waals surface area contributed by atoms with E-state index < -0.39 is 11.8 Å². The Morgan fingerprint density at radius 1 is 1.59 bits per heavy atom. The number of esters is 1. The van der Waals surface area contributed by atoms with Crippen molar-refractivity contribution in [3.63, 3.8) is 0 Å². The summed E-state index contributed by atoms with van der Waals surface area (Å²) in [6, 6.07) is 4.29. The molecule has 1 aromatic rings. The molecule has 1 heterocycles. The monoisotopic (exact) mass is 306 g/mol. The topological polar surface area (TPSA) is 95.4 Å². The van der Waals surface area contributed by atoms with Crippen molar-refractivity contribution >= 4 is 17.6 Å². The smallest absolute Gasteiger partial charge is 0.310 e. The van der Waals surface area contributed by atoms with Gasteiger partial charge in [-0.25, -0.2) is 4.39 Å². The number of hydrogen-bond acceptors (Lipinski definition) is 4. The van der Waals surface area contributed by atoms with Crippen LogP contribution in [0.15, 0.2) is 23.3 Å². The van der Waals surface area contributed by atoms with Crippen LogP contribution in [0.1, 0.15) is 12.0 Å². The molecule has 0 radical (unpaired) electrons. The molecular formula is C14H15FN4O3. The maximum absolute atomic E-state index is 14.0. The van der Waals surface area contributed by atoms with Crippen LogP contribution in [0, 0.1) is 11.7 Å². The first kappa shape index (κ1) is 15.8. The fourth-order valence-corrected chi connectivity index (χ4v) is 2.38. The molecule has 1 aliphatic rings. The zero-order valence-corrected chi connectivity index (χ0v) is 12.0. The van der Waals surface area contributed by atoms with Crippen LogP contribution >= 0.6 is 0 Å². The zero-order valence-electron chi connectivity index (χ0n) is 12.0. The summed E-state index contributed by atoms with van der Waals surface area (Å²) in [5.41, 5.74) is 8.95. The highest BCUT2D eigenvalue weighted by Gasteiger charge is 2.30. The lowest BCUT2D eigenvalue weighted by Crippen LogP contribution is -2.25. The van der Waals surface area contributed by atoms with Crippen LogP contribution in [0.5, 0.6) is 0 Å². The molecule has 0 aromatic heterocycles. The van der Waals surface area contributed by atoms with E-state index in [1.54, 1.807) is 6.07 Å². The van der Waals surface area contributed by atoms with Gasteiger partial charge in [0.15, 0.2) is 0 Å². The van der Waals surface area contributed by atoms with Crippen LogP contribution in [0.25, 0.3) is 10.4 Å². The Hall–Kier alpha value is -2.60. The summed E-state index contributed by atoms with van der Waals surface area (Å²) in [5, 5.41) is 3.47. The molecule has 0 aliphatic carbocycles. The molecule has 0 spiro atoms. The lowest BCUT2D eigenvalue weighted by atomic mass is 10.1. The quantitative estimate of drug-likeness (QED) is 0.361. The molecule has 1 saturated heterocycles. The molecule has 1 aromatic carbocycles. The molecule has 0 bridgehead atoms. The zero-order chi connectivity index (χ0) is 16.1. The predicted molar refractivity (Wildman–Crippen MR) is 76.6 cm³/mol. The van der Waals surface area contributed by atoms with Gasteiger partial charge in [0.05, 0.1) is 13.5 Å². The fraction of sp³-hybridized carbons (Fsp3) is 0.429. The van der Waals surface area contributed by atoms with Gasteiger partial charge in [-0.2, -0.15) is 0 Å². The second-order valence-corrected chi connectivity index (χ2v) is 5.02. The normalized spacial score (nSPS) is 17.3. The molecule has 1 aliphatic heterocycles. The van der Waals surface area contributed by atoms with E-state index in [0.29, 0.717) is 12.2 Å².